The van der Waals surface area contributed by atoms with Crippen molar-refractivity contribution >= 4 is 34.3 Å². The van der Waals surface area contributed by atoms with E-state index in [-0.39, 0.29) is 18.1 Å². The van der Waals surface area contributed by atoms with Gasteiger partial charge in [-0.05, 0) is 54.6 Å². The summed E-state index contributed by atoms with van der Waals surface area (Å²) < 4.78 is 10.8. The number of ether oxygens (including phenoxy) is 1. The summed E-state index contributed by atoms with van der Waals surface area (Å²) in [6, 6.07) is 14.4. The van der Waals surface area contributed by atoms with Gasteiger partial charge in [0.05, 0.1) is 0 Å². The molecule has 27 heavy (non-hydrogen) atoms. The number of anilines is 1. The molecule has 0 fully saturated rings. The zero-order chi connectivity index (χ0) is 19.2. The minimum Gasteiger partial charge on any atom is -0.484 e. The van der Waals surface area contributed by atoms with Gasteiger partial charge in [0.15, 0.2) is 6.61 Å². The van der Waals surface area contributed by atoms with Crippen molar-refractivity contribution in [3.05, 3.63) is 64.5 Å². The average Bonchev–Trinajstić information content (AvgIpc) is 2.67. The molecule has 0 spiro atoms. The van der Waals surface area contributed by atoms with Gasteiger partial charge < -0.3 is 14.5 Å². The summed E-state index contributed by atoms with van der Waals surface area (Å²) in [5, 5.41) is 3.68. The summed E-state index contributed by atoms with van der Waals surface area (Å²) in [5.74, 6) is 0.223. The van der Waals surface area contributed by atoms with E-state index in [0.29, 0.717) is 11.3 Å². The minimum absolute atomic E-state index is 0.130. The second-order valence-corrected chi connectivity index (χ2v) is 6.94. The number of hydrogen-bond acceptors (Lipinski definition) is 5. The number of carbonyl (C=O) groups excluding carboxylic acids is 1. The van der Waals surface area contributed by atoms with Crippen molar-refractivity contribution in [2.75, 3.05) is 18.2 Å². The SMILES string of the molecule is CCCc1cc(=O)oc2cc(OCC(=O)Nc3ccc(SC)cc3)ccc12. The topological polar surface area (TPSA) is 68.5 Å². The van der Waals surface area contributed by atoms with Crippen molar-refractivity contribution in [1.29, 1.82) is 0 Å². The van der Waals surface area contributed by atoms with Crippen molar-refractivity contribution < 1.29 is 13.9 Å². The van der Waals surface area contributed by atoms with E-state index < -0.39 is 0 Å². The first-order valence-corrected chi connectivity index (χ1v) is 9.95. The molecule has 0 saturated carbocycles. The van der Waals surface area contributed by atoms with Gasteiger partial charge in [0.25, 0.3) is 5.91 Å². The smallest absolute Gasteiger partial charge is 0.336 e. The molecule has 140 valence electrons. The van der Waals surface area contributed by atoms with E-state index in [0.717, 1.165) is 34.4 Å². The first kappa shape index (κ1) is 19.0. The third-order valence-electron chi connectivity index (χ3n) is 4.06. The molecule has 1 N–H and O–H groups in total. The number of fused-ring (bicyclic) bond motifs is 1. The highest BCUT2D eigenvalue weighted by atomic mass is 32.2. The Bertz CT molecular complexity index is 995. The predicted molar refractivity (Wildman–Crippen MR) is 109 cm³/mol. The Morgan fingerprint density at radius 3 is 2.63 bits per heavy atom. The number of rotatable bonds is 7. The van der Waals surface area contributed by atoms with Crippen molar-refractivity contribution in [1.82, 2.24) is 0 Å². The molecule has 2 aromatic carbocycles. The van der Waals surface area contributed by atoms with Crippen LogP contribution in [0.25, 0.3) is 11.0 Å². The van der Waals surface area contributed by atoms with Crippen molar-refractivity contribution in [3.8, 4) is 5.75 Å². The maximum atomic E-state index is 12.1. The van der Waals surface area contributed by atoms with E-state index in [9.17, 15) is 9.59 Å². The standard InChI is InChI=1S/C21H21NO4S/c1-3-4-14-11-21(24)26-19-12-16(7-10-18(14)19)25-13-20(23)22-15-5-8-17(27-2)9-6-15/h5-12H,3-4,13H2,1-2H3,(H,22,23). The molecular weight excluding hydrogens is 362 g/mol. The second-order valence-electron chi connectivity index (χ2n) is 6.06. The van der Waals surface area contributed by atoms with Gasteiger partial charge in [0.1, 0.15) is 11.3 Å². The summed E-state index contributed by atoms with van der Waals surface area (Å²) in [4.78, 5) is 24.9. The average molecular weight is 383 g/mol. The summed E-state index contributed by atoms with van der Waals surface area (Å²) in [6.45, 7) is 1.93. The van der Waals surface area contributed by atoms with E-state index >= 15 is 0 Å². The fourth-order valence-electron chi connectivity index (χ4n) is 2.80. The van der Waals surface area contributed by atoms with Crippen molar-refractivity contribution in [2.24, 2.45) is 0 Å². The van der Waals surface area contributed by atoms with Gasteiger partial charge in [-0.15, -0.1) is 11.8 Å². The minimum atomic E-state index is -0.380. The maximum Gasteiger partial charge on any atom is 0.336 e. The first-order chi connectivity index (χ1) is 13.1. The third kappa shape index (κ3) is 4.92. The molecule has 1 amide bonds. The predicted octanol–water partition coefficient (Wildman–Crippen LogP) is 4.48. The highest BCUT2D eigenvalue weighted by Gasteiger charge is 2.08. The van der Waals surface area contributed by atoms with Gasteiger partial charge in [-0.25, -0.2) is 4.79 Å². The van der Waals surface area contributed by atoms with Crippen LogP contribution in [-0.2, 0) is 11.2 Å². The maximum absolute atomic E-state index is 12.1. The summed E-state index contributed by atoms with van der Waals surface area (Å²) in [7, 11) is 0. The highest BCUT2D eigenvalue weighted by Crippen LogP contribution is 2.23. The number of benzene rings is 2. The van der Waals surface area contributed by atoms with Crippen LogP contribution < -0.4 is 15.7 Å². The van der Waals surface area contributed by atoms with Crippen molar-refractivity contribution in [3.63, 3.8) is 0 Å². The monoisotopic (exact) mass is 383 g/mol. The summed E-state index contributed by atoms with van der Waals surface area (Å²) in [6.07, 6.45) is 3.74. The highest BCUT2D eigenvalue weighted by molar-refractivity contribution is 7.98. The zero-order valence-corrected chi connectivity index (χ0v) is 16.1. The second kappa shape index (κ2) is 8.77. The zero-order valence-electron chi connectivity index (χ0n) is 15.3. The van der Waals surface area contributed by atoms with Gasteiger partial charge in [-0.3, -0.25) is 4.79 Å². The van der Waals surface area contributed by atoms with E-state index in [1.54, 1.807) is 23.9 Å². The lowest BCUT2D eigenvalue weighted by atomic mass is 10.1. The van der Waals surface area contributed by atoms with Gasteiger partial charge in [-0.1, -0.05) is 13.3 Å². The van der Waals surface area contributed by atoms with E-state index in [4.69, 9.17) is 9.15 Å². The largest absolute Gasteiger partial charge is 0.484 e. The summed E-state index contributed by atoms with van der Waals surface area (Å²) in [5.41, 5.74) is 1.77. The van der Waals surface area contributed by atoms with E-state index in [1.807, 2.05) is 36.6 Å². The van der Waals surface area contributed by atoms with Gasteiger partial charge in [0, 0.05) is 28.1 Å². The van der Waals surface area contributed by atoms with Crippen molar-refractivity contribution in [2.45, 2.75) is 24.7 Å². The number of thioether (sulfide) groups is 1. The van der Waals surface area contributed by atoms with Crippen LogP contribution in [0.1, 0.15) is 18.9 Å². The molecule has 1 aromatic heterocycles. The normalized spacial score (nSPS) is 10.7. The number of aryl methyl sites for hydroxylation is 1. The molecule has 0 atom stereocenters. The van der Waals surface area contributed by atoms with Gasteiger partial charge >= 0.3 is 5.63 Å². The Morgan fingerprint density at radius 1 is 1.15 bits per heavy atom. The van der Waals surface area contributed by atoms with Crippen LogP contribution >= 0.6 is 11.8 Å². The summed E-state index contributed by atoms with van der Waals surface area (Å²) >= 11 is 1.64. The van der Waals surface area contributed by atoms with Crippen LogP contribution in [0.4, 0.5) is 5.69 Å². The molecular formula is C21H21NO4S. The number of amides is 1. The number of nitrogens with one attached hydrogen (secondary N) is 1. The molecule has 6 heteroatoms. The molecule has 0 bridgehead atoms. The Balaban J connectivity index is 1.67. The van der Waals surface area contributed by atoms with E-state index in [1.165, 1.54) is 6.07 Å². The molecule has 3 aromatic rings. The quantitative estimate of drug-likeness (QED) is 0.481. The molecule has 0 radical (unpaired) electrons. The van der Waals surface area contributed by atoms with Crippen LogP contribution in [0.15, 0.2) is 62.6 Å². The molecule has 0 aliphatic heterocycles. The van der Waals surface area contributed by atoms with E-state index in [2.05, 4.69) is 12.2 Å². The van der Waals surface area contributed by atoms with Crippen LogP contribution in [0.3, 0.4) is 0 Å². The Kier molecular flexibility index (Phi) is 6.19. The lowest BCUT2D eigenvalue weighted by Gasteiger charge is -2.09. The molecule has 1 heterocycles. The fraction of sp³-hybridized carbons (Fsp3) is 0.238. The Morgan fingerprint density at radius 2 is 1.93 bits per heavy atom. The molecule has 0 aliphatic carbocycles. The number of hydrogen-bond donors (Lipinski definition) is 1. The van der Waals surface area contributed by atoms with Crippen LogP contribution in [-0.4, -0.2) is 18.8 Å². The van der Waals surface area contributed by atoms with Crippen LogP contribution in [0.5, 0.6) is 5.75 Å². The lowest BCUT2D eigenvalue weighted by Crippen LogP contribution is -2.20. The third-order valence-corrected chi connectivity index (χ3v) is 4.81. The molecule has 0 saturated heterocycles. The lowest BCUT2D eigenvalue weighted by molar-refractivity contribution is -0.118. The van der Waals surface area contributed by atoms with Gasteiger partial charge in [-0.2, -0.15) is 0 Å². The molecule has 0 aliphatic rings. The fourth-order valence-corrected chi connectivity index (χ4v) is 3.20. The molecule has 0 unspecified atom stereocenters. The molecule has 5 nitrogen and oxygen atoms in total. The molecule has 3 rings (SSSR count). The Hall–Kier alpha value is -2.73. The van der Waals surface area contributed by atoms with Crippen LogP contribution in [0, 0.1) is 0 Å². The number of carbonyl (C=O) groups is 1. The van der Waals surface area contributed by atoms with Gasteiger partial charge in [0.2, 0.25) is 0 Å². The van der Waals surface area contributed by atoms with Crippen LogP contribution in [0.2, 0.25) is 0 Å². The first-order valence-electron chi connectivity index (χ1n) is 8.72. The Labute approximate surface area is 161 Å².